The van der Waals surface area contributed by atoms with Gasteiger partial charge in [0, 0.05) is 19.1 Å². The summed E-state index contributed by atoms with van der Waals surface area (Å²) in [5, 5.41) is 14.5. The molecule has 0 aliphatic heterocycles. The summed E-state index contributed by atoms with van der Waals surface area (Å²) in [5.74, 6) is -0.929. The Labute approximate surface area is 119 Å². The van der Waals surface area contributed by atoms with Gasteiger partial charge >= 0.3 is 12.0 Å². The highest BCUT2D eigenvalue weighted by atomic mass is 16.4. The predicted octanol–water partition coefficient (Wildman–Crippen LogP) is 1.17. The number of urea groups is 1. The number of likely N-dealkylation sites (N-methyl/N-ethyl adjacent to an activating group) is 1. The molecule has 6 heteroatoms. The van der Waals surface area contributed by atoms with Crippen LogP contribution in [0.3, 0.4) is 0 Å². The zero-order valence-corrected chi connectivity index (χ0v) is 12.2. The number of hydrogen-bond donors (Lipinski definition) is 3. The monoisotopic (exact) mass is 283 g/mol. The molecule has 0 spiro atoms. The molecule has 6 nitrogen and oxygen atoms in total. The van der Waals surface area contributed by atoms with Crippen molar-refractivity contribution < 1.29 is 14.7 Å². The smallest absolute Gasteiger partial charge is 0.329 e. The van der Waals surface area contributed by atoms with Gasteiger partial charge in [0.1, 0.15) is 5.54 Å². The lowest BCUT2D eigenvalue weighted by Crippen LogP contribution is -2.61. The van der Waals surface area contributed by atoms with Gasteiger partial charge in [0.2, 0.25) is 0 Å². The van der Waals surface area contributed by atoms with E-state index in [1.54, 1.807) is 0 Å². The van der Waals surface area contributed by atoms with Crippen LogP contribution in [0.25, 0.3) is 0 Å². The molecule has 2 fully saturated rings. The van der Waals surface area contributed by atoms with Gasteiger partial charge < -0.3 is 20.6 Å². The van der Waals surface area contributed by atoms with Crippen molar-refractivity contribution in [1.29, 1.82) is 0 Å². The van der Waals surface area contributed by atoms with Gasteiger partial charge in [-0.05, 0) is 39.2 Å². The summed E-state index contributed by atoms with van der Waals surface area (Å²) in [6.07, 6.45) is 6.98. The Hall–Kier alpha value is -1.30. The van der Waals surface area contributed by atoms with E-state index in [1.165, 1.54) is 25.7 Å². The lowest BCUT2D eigenvalue weighted by Gasteiger charge is -2.38. The standard InChI is InChI=1S/C14H25N3O3/c1-17(11-5-2-3-6-11)10-9-15-13(20)16-14(12(18)19)7-4-8-14/h11H,2-10H2,1H3,(H,18,19)(H2,15,16,20). The summed E-state index contributed by atoms with van der Waals surface area (Å²) >= 11 is 0. The average molecular weight is 283 g/mol. The number of nitrogens with zero attached hydrogens (tertiary/aromatic N) is 1. The van der Waals surface area contributed by atoms with Crippen LogP contribution < -0.4 is 10.6 Å². The van der Waals surface area contributed by atoms with E-state index in [4.69, 9.17) is 5.11 Å². The molecular weight excluding hydrogens is 258 g/mol. The molecular formula is C14H25N3O3. The fraction of sp³-hybridized carbons (Fsp3) is 0.857. The predicted molar refractivity (Wildman–Crippen MR) is 75.6 cm³/mol. The quantitative estimate of drug-likeness (QED) is 0.683. The van der Waals surface area contributed by atoms with Gasteiger partial charge in [-0.15, -0.1) is 0 Å². The van der Waals surface area contributed by atoms with E-state index < -0.39 is 11.5 Å². The number of carbonyl (C=O) groups is 2. The fourth-order valence-electron chi connectivity index (χ4n) is 3.06. The van der Waals surface area contributed by atoms with Crippen LogP contribution in [0.15, 0.2) is 0 Å². The number of hydrogen-bond acceptors (Lipinski definition) is 3. The SMILES string of the molecule is CN(CCNC(=O)NC1(C(=O)O)CCC1)C1CCCC1. The molecule has 2 aliphatic rings. The van der Waals surface area contributed by atoms with Gasteiger partial charge in [-0.3, -0.25) is 0 Å². The van der Waals surface area contributed by atoms with Crippen molar-refractivity contribution >= 4 is 12.0 Å². The molecule has 2 saturated carbocycles. The lowest BCUT2D eigenvalue weighted by molar-refractivity contribution is -0.148. The van der Waals surface area contributed by atoms with Crippen molar-refractivity contribution in [3.05, 3.63) is 0 Å². The molecule has 2 amide bonds. The molecule has 2 aliphatic carbocycles. The van der Waals surface area contributed by atoms with Gasteiger partial charge in [-0.25, -0.2) is 9.59 Å². The Bertz CT molecular complexity index is 363. The van der Waals surface area contributed by atoms with Crippen LogP contribution in [0.2, 0.25) is 0 Å². The Balaban J connectivity index is 1.66. The van der Waals surface area contributed by atoms with E-state index in [2.05, 4.69) is 22.6 Å². The van der Waals surface area contributed by atoms with Crippen LogP contribution in [0, 0.1) is 0 Å². The lowest BCUT2D eigenvalue weighted by atomic mass is 9.77. The number of carbonyl (C=O) groups excluding carboxylic acids is 1. The molecule has 0 aromatic rings. The molecule has 2 rings (SSSR count). The summed E-state index contributed by atoms with van der Waals surface area (Å²) < 4.78 is 0. The molecule has 0 radical (unpaired) electrons. The van der Waals surface area contributed by atoms with Gasteiger partial charge in [-0.1, -0.05) is 12.8 Å². The van der Waals surface area contributed by atoms with Crippen LogP contribution in [0.4, 0.5) is 4.79 Å². The van der Waals surface area contributed by atoms with E-state index in [-0.39, 0.29) is 6.03 Å². The Kier molecular flexibility index (Phi) is 4.86. The highest BCUT2D eigenvalue weighted by molar-refractivity contribution is 5.87. The first-order chi connectivity index (χ1) is 9.53. The topological polar surface area (TPSA) is 81.7 Å². The number of rotatable bonds is 6. The highest BCUT2D eigenvalue weighted by Crippen LogP contribution is 2.31. The van der Waals surface area contributed by atoms with Gasteiger partial charge in [0.25, 0.3) is 0 Å². The van der Waals surface area contributed by atoms with Crippen molar-refractivity contribution in [3.8, 4) is 0 Å². The van der Waals surface area contributed by atoms with Crippen LogP contribution in [0.1, 0.15) is 44.9 Å². The minimum Gasteiger partial charge on any atom is -0.480 e. The molecule has 0 bridgehead atoms. The third kappa shape index (κ3) is 3.42. The van der Waals surface area contributed by atoms with Crippen molar-refractivity contribution in [2.45, 2.75) is 56.5 Å². The summed E-state index contributed by atoms with van der Waals surface area (Å²) in [4.78, 5) is 25.2. The summed E-state index contributed by atoms with van der Waals surface area (Å²) in [6, 6.07) is 0.267. The third-order valence-corrected chi connectivity index (χ3v) is 4.67. The van der Waals surface area contributed by atoms with E-state index in [0.29, 0.717) is 25.4 Å². The molecule has 0 saturated heterocycles. The second-order valence-electron chi connectivity index (χ2n) is 6.04. The fourth-order valence-corrected chi connectivity index (χ4v) is 3.06. The van der Waals surface area contributed by atoms with Crippen molar-refractivity contribution in [2.24, 2.45) is 0 Å². The molecule has 114 valence electrons. The van der Waals surface area contributed by atoms with Crippen LogP contribution in [-0.4, -0.2) is 53.7 Å². The Morgan fingerprint density at radius 2 is 1.90 bits per heavy atom. The zero-order chi connectivity index (χ0) is 14.6. The summed E-state index contributed by atoms with van der Waals surface area (Å²) in [6.45, 7) is 1.35. The molecule has 20 heavy (non-hydrogen) atoms. The number of nitrogens with one attached hydrogen (secondary N) is 2. The minimum absolute atomic E-state index is 0.369. The van der Waals surface area contributed by atoms with Gasteiger partial charge in [0.15, 0.2) is 0 Å². The zero-order valence-electron chi connectivity index (χ0n) is 12.2. The molecule has 3 N–H and O–H groups in total. The number of carboxylic acids is 1. The Morgan fingerprint density at radius 1 is 1.25 bits per heavy atom. The van der Waals surface area contributed by atoms with Crippen molar-refractivity contribution in [1.82, 2.24) is 15.5 Å². The van der Waals surface area contributed by atoms with Gasteiger partial charge in [0.05, 0.1) is 0 Å². The maximum atomic E-state index is 11.8. The van der Waals surface area contributed by atoms with E-state index in [0.717, 1.165) is 13.0 Å². The molecule has 0 heterocycles. The maximum absolute atomic E-state index is 11.8. The highest BCUT2D eigenvalue weighted by Gasteiger charge is 2.45. The minimum atomic E-state index is -1.03. The van der Waals surface area contributed by atoms with Gasteiger partial charge in [-0.2, -0.15) is 0 Å². The largest absolute Gasteiger partial charge is 0.480 e. The first-order valence-electron chi connectivity index (χ1n) is 7.53. The number of aliphatic carboxylic acids is 1. The van der Waals surface area contributed by atoms with E-state index >= 15 is 0 Å². The van der Waals surface area contributed by atoms with Crippen molar-refractivity contribution in [3.63, 3.8) is 0 Å². The van der Waals surface area contributed by atoms with Crippen LogP contribution in [0.5, 0.6) is 0 Å². The first kappa shape index (κ1) is 15.1. The van der Waals surface area contributed by atoms with Crippen LogP contribution in [-0.2, 0) is 4.79 Å². The first-order valence-corrected chi connectivity index (χ1v) is 7.53. The Morgan fingerprint density at radius 3 is 2.40 bits per heavy atom. The second-order valence-corrected chi connectivity index (χ2v) is 6.04. The third-order valence-electron chi connectivity index (χ3n) is 4.67. The van der Waals surface area contributed by atoms with E-state index in [9.17, 15) is 9.59 Å². The second kappa shape index (κ2) is 6.43. The van der Waals surface area contributed by atoms with Crippen LogP contribution >= 0.6 is 0 Å². The van der Waals surface area contributed by atoms with Crippen molar-refractivity contribution in [2.75, 3.05) is 20.1 Å². The number of carboxylic acid groups (broad SMARTS) is 1. The normalized spacial score (nSPS) is 21.5. The summed E-state index contributed by atoms with van der Waals surface area (Å²) in [5.41, 5.74) is -1.03. The molecule has 0 atom stereocenters. The molecule has 0 aromatic carbocycles. The molecule has 0 unspecified atom stereocenters. The average Bonchev–Trinajstić information content (AvgIpc) is 2.87. The summed E-state index contributed by atoms with van der Waals surface area (Å²) in [7, 11) is 2.08. The maximum Gasteiger partial charge on any atom is 0.329 e. The number of amides is 2. The van der Waals surface area contributed by atoms with E-state index in [1.807, 2.05) is 0 Å². The molecule has 0 aromatic heterocycles.